The summed E-state index contributed by atoms with van der Waals surface area (Å²) in [6.07, 6.45) is 0.900. The summed E-state index contributed by atoms with van der Waals surface area (Å²) in [5.41, 5.74) is 6.41. The standard InChI is InChI=1S/C12H18BrNO3/c1-15-5-2-6-16-7-8-17-12-4-3-10(13)9-11(12)14/h3-4,9H,2,5-8,14H2,1H3. The lowest BCUT2D eigenvalue weighted by atomic mass is 10.3. The molecule has 96 valence electrons. The fraction of sp³-hybridized carbons (Fsp3) is 0.500. The maximum Gasteiger partial charge on any atom is 0.142 e. The second-order valence-electron chi connectivity index (χ2n) is 3.49. The Balaban J connectivity index is 2.14. The van der Waals surface area contributed by atoms with Crippen molar-refractivity contribution < 1.29 is 14.2 Å². The maximum absolute atomic E-state index is 5.79. The first-order chi connectivity index (χ1) is 8.24. The van der Waals surface area contributed by atoms with Gasteiger partial charge in [0.25, 0.3) is 0 Å². The van der Waals surface area contributed by atoms with Crippen molar-refractivity contribution in [3.8, 4) is 5.75 Å². The minimum atomic E-state index is 0.499. The molecule has 0 saturated heterocycles. The van der Waals surface area contributed by atoms with Crippen LogP contribution >= 0.6 is 15.9 Å². The second-order valence-corrected chi connectivity index (χ2v) is 4.41. The fourth-order valence-electron chi connectivity index (χ4n) is 1.27. The average molecular weight is 304 g/mol. The zero-order valence-electron chi connectivity index (χ0n) is 9.95. The third-order valence-corrected chi connectivity index (χ3v) is 2.59. The number of hydrogen-bond donors (Lipinski definition) is 1. The SMILES string of the molecule is COCCCOCCOc1ccc(Br)cc1N. The number of nitrogens with two attached hydrogens (primary N) is 1. The van der Waals surface area contributed by atoms with Gasteiger partial charge < -0.3 is 19.9 Å². The van der Waals surface area contributed by atoms with E-state index in [1.807, 2.05) is 18.2 Å². The normalized spacial score (nSPS) is 10.5. The molecule has 2 N–H and O–H groups in total. The summed E-state index contributed by atoms with van der Waals surface area (Å²) < 4.78 is 16.7. The molecule has 0 unspecified atom stereocenters. The summed E-state index contributed by atoms with van der Waals surface area (Å²) >= 11 is 3.34. The minimum absolute atomic E-state index is 0.499. The molecule has 0 aliphatic heterocycles. The number of ether oxygens (including phenoxy) is 3. The molecular weight excluding hydrogens is 286 g/mol. The van der Waals surface area contributed by atoms with Gasteiger partial charge in [0.1, 0.15) is 12.4 Å². The second kappa shape index (κ2) is 8.33. The van der Waals surface area contributed by atoms with E-state index < -0.39 is 0 Å². The fourth-order valence-corrected chi connectivity index (χ4v) is 1.65. The number of benzene rings is 1. The molecule has 1 rings (SSSR count). The first-order valence-corrected chi connectivity index (χ1v) is 6.28. The summed E-state index contributed by atoms with van der Waals surface area (Å²) in [7, 11) is 1.68. The number of halogens is 1. The van der Waals surface area contributed by atoms with Crippen LogP contribution in [-0.2, 0) is 9.47 Å². The van der Waals surface area contributed by atoms with Gasteiger partial charge in [0.2, 0.25) is 0 Å². The Morgan fingerprint density at radius 1 is 1.18 bits per heavy atom. The summed E-state index contributed by atoms with van der Waals surface area (Å²) in [5, 5.41) is 0. The number of rotatable bonds is 8. The van der Waals surface area contributed by atoms with Crippen molar-refractivity contribution in [2.45, 2.75) is 6.42 Å². The largest absolute Gasteiger partial charge is 0.489 e. The average Bonchev–Trinajstić information content (AvgIpc) is 2.30. The van der Waals surface area contributed by atoms with Crippen LogP contribution in [-0.4, -0.2) is 33.5 Å². The molecule has 1 aromatic rings. The number of hydrogen-bond acceptors (Lipinski definition) is 4. The van der Waals surface area contributed by atoms with E-state index in [0.717, 1.165) is 17.5 Å². The van der Waals surface area contributed by atoms with Gasteiger partial charge in [0.15, 0.2) is 0 Å². The molecule has 17 heavy (non-hydrogen) atoms. The Bertz CT molecular complexity index is 334. The van der Waals surface area contributed by atoms with E-state index in [0.29, 0.717) is 31.3 Å². The Morgan fingerprint density at radius 3 is 2.71 bits per heavy atom. The van der Waals surface area contributed by atoms with Crippen LogP contribution in [0, 0.1) is 0 Å². The van der Waals surface area contributed by atoms with Gasteiger partial charge in [-0.1, -0.05) is 15.9 Å². The quantitative estimate of drug-likeness (QED) is 0.592. The molecule has 0 bridgehead atoms. The zero-order valence-corrected chi connectivity index (χ0v) is 11.5. The molecule has 0 aliphatic rings. The van der Waals surface area contributed by atoms with Crippen molar-refractivity contribution in [3.63, 3.8) is 0 Å². The predicted molar refractivity (Wildman–Crippen MR) is 71.4 cm³/mol. The molecule has 0 spiro atoms. The molecule has 0 aliphatic carbocycles. The van der Waals surface area contributed by atoms with E-state index in [2.05, 4.69) is 15.9 Å². The smallest absolute Gasteiger partial charge is 0.142 e. The third kappa shape index (κ3) is 5.91. The monoisotopic (exact) mass is 303 g/mol. The Kier molecular flexibility index (Phi) is 7.00. The van der Waals surface area contributed by atoms with Crippen LogP contribution < -0.4 is 10.5 Å². The van der Waals surface area contributed by atoms with Crippen LogP contribution in [0.2, 0.25) is 0 Å². The van der Waals surface area contributed by atoms with Gasteiger partial charge in [-0.05, 0) is 24.6 Å². The Labute approximate surface area is 110 Å². The lowest BCUT2D eigenvalue weighted by Crippen LogP contribution is -2.09. The molecule has 0 fully saturated rings. The summed E-state index contributed by atoms with van der Waals surface area (Å²) in [6.45, 7) is 2.46. The number of methoxy groups -OCH3 is 1. The molecule has 1 aromatic carbocycles. The van der Waals surface area contributed by atoms with Crippen molar-refractivity contribution in [1.29, 1.82) is 0 Å². The van der Waals surface area contributed by atoms with Gasteiger partial charge in [-0.15, -0.1) is 0 Å². The third-order valence-electron chi connectivity index (χ3n) is 2.09. The van der Waals surface area contributed by atoms with Gasteiger partial charge in [-0.3, -0.25) is 0 Å². The van der Waals surface area contributed by atoms with Crippen molar-refractivity contribution in [2.75, 3.05) is 39.3 Å². The number of anilines is 1. The van der Waals surface area contributed by atoms with E-state index >= 15 is 0 Å². The topological polar surface area (TPSA) is 53.7 Å². The first kappa shape index (κ1) is 14.3. The molecular formula is C12H18BrNO3. The van der Waals surface area contributed by atoms with Crippen molar-refractivity contribution in [1.82, 2.24) is 0 Å². The van der Waals surface area contributed by atoms with Crippen LogP contribution in [0.4, 0.5) is 5.69 Å². The van der Waals surface area contributed by atoms with Gasteiger partial charge >= 0.3 is 0 Å². The predicted octanol–water partition coefficient (Wildman–Crippen LogP) is 2.46. The first-order valence-electron chi connectivity index (χ1n) is 5.48. The summed E-state index contributed by atoms with van der Waals surface area (Å²) in [6, 6.07) is 5.55. The minimum Gasteiger partial charge on any atom is -0.489 e. The van der Waals surface area contributed by atoms with Gasteiger partial charge in [0.05, 0.1) is 12.3 Å². The Morgan fingerprint density at radius 2 is 2.00 bits per heavy atom. The van der Waals surface area contributed by atoms with Gasteiger partial charge in [-0.2, -0.15) is 0 Å². The molecule has 4 nitrogen and oxygen atoms in total. The lowest BCUT2D eigenvalue weighted by Gasteiger charge is -2.09. The van der Waals surface area contributed by atoms with Crippen LogP contribution in [0.15, 0.2) is 22.7 Å². The molecule has 0 amide bonds. The highest BCUT2D eigenvalue weighted by Crippen LogP contribution is 2.24. The molecule has 0 radical (unpaired) electrons. The Hall–Kier alpha value is -0.780. The van der Waals surface area contributed by atoms with E-state index in [-0.39, 0.29) is 0 Å². The van der Waals surface area contributed by atoms with Crippen molar-refractivity contribution >= 4 is 21.6 Å². The van der Waals surface area contributed by atoms with Gasteiger partial charge in [0, 0.05) is 24.8 Å². The van der Waals surface area contributed by atoms with Crippen LogP contribution in [0.5, 0.6) is 5.75 Å². The summed E-state index contributed by atoms with van der Waals surface area (Å²) in [5.74, 6) is 0.689. The lowest BCUT2D eigenvalue weighted by molar-refractivity contribution is 0.0808. The van der Waals surface area contributed by atoms with E-state index in [1.165, 1.54) is 0 Å². The van der Waals surface area contributed by atoms with E-state index in [9.17, 15) is 0 Å². The van der Waals surface area contributed by atoms with Crippen LogP contribution in [0.25, 0.3) is 0 Å². The molecule has 0 aromatic heterocycles. The van der Waals surface area contributed by atoms with E-state index in [1.54, 1.807) is 7.11 Å². The van der Waals surface area contributed by atoms with Crippen LogP contribution in [0.3, 0.4) is 0 Å². The van der Waals surface area contributed by atoms with E-state index in [4.69, 9.17) is 19.9 Å². The summed E-state index contributed by atoms with van der Waals surface area (Å²) in [4.78, 5) is 0. The number of nitrogen functional groups attached to an aromatic ring is 1. The molecule has 5 heteroatoms. The zero-order chi connectivity index (χ0) is 12.5. The van der Waals surface area contributed by atoms with Crippen molar-refractivity contribution in [3.05, 3.63) is 22.7 Å². The molecule has 0 atom stereocenters. The highest BCUT2D eigenvalue weighted by Gasteiger charge is 2.00. The van der Waals surface area contributed by atoms with Crippen LogP contribution in [0.1, 0.15) is 6.42 Å². The maximum atomic E-state index is 5.79. The molecule has 0 heterocycles. The highest BCUT2D eigenvalue weighted by molar-refractivity contribution is 9.10. The highest BCUT2D eigenvalue weighted by atomic mass is 79.9. The molecule has 0 saturated carbocycles. The van der Waals surface area contributed by atoms with Crippen molar-refractivity contribution in [2.24, 2.45) is 0 Å². The van der Waals surface area contributed by atoms with Gasteiger partial charge in [-0.25, -0.2) is 0 Å².